The molecule has 0 amide bonds. The number of aryl methyl sites for hydroxylation is 2. The van der Waals surface area contributed by atoms with Crippen LogP contribution in [0.4, 0.5) is 0 Å². The molecular formula is C15H12BrIN2O3S. The van der Waals surface area contributed by atoms with E-state index in [-0.39, 0.29) is 16.0 Å². The number of hydrogen-bond acceptors (Lipinski definition) is 3. The number of nitrogens with zero attached hydrogens (tertiary/aromatic N) is 2. The Bertz CT molecular complexity index is 1080. The molecule has 23 heavy (non-hydrogen) atoms. The summed E-state index contributed by atoms with van der Waals surface area (Å²) in [7, 11) is -2.26. The Hall–Kier alpha value is -1.13. The first-order valence-corrected chi connectivity index (χ1v) is 9.93. The number of aromatic nitrogens is 2. The van der Waals surface area contributed by atoms with Gasteiger partial charge in [0.05, 0.1) is 8.60 Å². The molecule has 0 atom stereocenters. The van der Waals surface area contributed by atoms with Crippen LogP contribution in [-0.2, 0) is 17.1 Å². The normalized spacial score (nSPS) is 12.0. The van der Waals surface area contributed by atoms with Crippen molar-refractivity contribution < 1.29 is 8.42 Å². The largest absolute Gasteiger partial charge is 0.316 e. The molecule has 1 aromatic carbocycles. The van der Waals surface area contributed by atoms with E-state index in [0.29, 0.717) is 13.6 Å². The zero-order chi connectivity index (χ0) is 16.9. The van der Waals surface area contributed by atoms with Gasteiger partial charge in [-0.2, -0.15) is 0 Å². The lowest BCUT2D eigenvalue weighted by Gasteiger charge is -2.10. The van der Waals surface area contributed by atoms with Crippen molar-refractivity contribution in [1.29, 1.82) is 0 Å². The molecule has 8 heteroatoms. The Labute approximate surface area is 155 Å². The summed E-state index contributed by atoms with van der Waals surface area (Å²) in [5, 5.41) is 0.577. The Balaban J connectivity index is 2.43. The summed E-state index contributed by atoms with van der Waals surface area (Å²) >= 11 is 5.32. The Morgan fingerprint density at radius 2 is 1.78 bits per heavy atom. The van der Waals surface area contributed by atoms with Gasteiger partial charge in [-0.15, -0.1) is 0 Å². The summed E-state index contributed by atoms with van der Waals surface area (Å²) in [6.45, 7) is 1.89. The zero-order valence-electron chi connectivity index (χ0n) is 12.2. The van der Waals surface area contributed by atoms with Crippen molar-refractivity contribution in [2.75, 3.05) is 0 Å². The summed E-state index contributed by atoms with van der Waals surface area (Å²) in [5.41, 5.74) is 0.753. The number of hydrogen-bond donors (Lipinski definition) is 0. The molecular weight excluding hydrogens is 495 g/mol. The predicted molar refractivity (Wildman–Crippen MR) is 101 cm³/mol. The standard InChI is InChI=1S/C15H12BrIN2O3S/c1-9-3-5-10(6-4-9)23(21,22)19-13(17)7-11-12(16)8-18(2)15(20)14(11)19/h3-8H,1-2H3. The third-order valence-corrected chi connectivity index (χ3v) is 7.04. The molecule has 0 spiro atoms. The van der Waals surface area contributed by atoms with Gasteiger partial charge in [0.25, 0.3) is 15.6 Å². The fourth-order valence-corrected chi connectivity index (χ4v) is 5.69. The fraction of sp³-hybridized carbons (Fsp3) is 0.133. The van der Waals surface area contributed by atoms with E-state index in [9.17, 15) is 13.2 Å². The van der Waals surface area contributed by atoms with Crippen LogP contribution in [0.1, 0.15) is 5.56 Å². The van der Waals surface area contributed by atoms with Crippen molar-refractivity contribution in [3.05, 3.63) is 60.6 Å². The zero-order valence-corrected chi connectivity index (χ0v) is 16.8. The molecule has 0 N–H and O–H groups in total. The lowest BCUT2D eigenvalue weighted by Crippen LogP contribution is -2.23. The summed E-state index contributed by atoms with van der Waals surface area (Å²) in [5.74, 6) is 0. The van der Waals surface area contributed by atoms with E-state index in [1.54, 1.807) is 43.6 Å². The molecule has 5 nitrogen and oxygen atoms in total. The maximum atomic E-state index is 13.0. The van der Waals surface area contributed by atoms with Crippen LogP contribution in [0.5, 0.6) is 0 Å². The topological polar surface area (TPSA) is 61.1 Å². The van der Waals surface area contributed by atoms with Gasteiger partial charge in [0.15, 0.2) is 0 Å². The van der Waals surface area contributed by atoms with E-state index in [1.807, 2.05) is 29.5 Å². The molecule has 3 aromatic rings. The van der Waals surface area contributed by atoms with Gasteiger partial charge in [-0.25, -0.2) is 12.4 Å². The molecule has 0 saturated carbocycles. The van der Waals surface area contributed by atoms with Gasteiger partial charge in [-0.05, 0) is 63.6 Å². The summed E-state index contributed by atoms with van der Waals surface area (Å²) in [4.78, 5) is 12.7. The molecule has 0 saturated heterocycles. The first-order chi connectivity index (χ1) is 10.7. The molecule has 0 bridgehead atoms. The molecule has 0 aliphatic heterocycles. The molecule has 2 aromatic heterocycles. The van der Waals surface area contributed by atoms with Gasteiger partial charge in [0.2, 0.25) is 0 Å². The molecule has 0 aliphatic rings. The van der Waals surface area contributed by atoms with Crippen LogP contribution in [0, 0.1) is 10.6 Å². The van der Waals surface area contributed by atoms with Crippen molar-refractivity contribution in [1.82, 2.24) is 8.54 Å². The van der Waals surface area contributed by atoms with E-state index in [0.717, 1.165) is 9.54 Å². The molecule has 2 heterocycles. The van der Waals surface area contributed by atoms with Crippen LogP contribution in [0.15, 0.2) is 50.7 Å². The van der Waals surface area contributed by atoms with Gasteiger partial charge in [0, 0.05) is 23.1 Å². The van der Waals surface area contributed by atoms with E-state index in [1.165, 1.54) is 4.57 Å². The SMILES string of the molecule is Cc1ccc(S(=O)(=O)n2c(I)cc3c(Br)cn(C)c(=O)c32)cc1. The lowest BCUT2D eigenvalue weighted by molar-refractivity contribution is 0.588. The van der Waals surface area contributed by atoms with Crippen molar-refractivity contribution in [3.63, 3.8) is 0 Å². The van der Waals surface area contributed by atoms with Crippen molar-refractivity contribution in [3.8, 4) is 0 Å². The van der Waals surface area contributed by atoms with Crippen molar-refractivity contribution in [2.24, 2.45) is 7.05 Å². The number of fused-ring (bicyclic) bond motifs is 1. The molecule has 0 aliphatic carbocycles. The molecule has 120 valence electrons. The van der Waals surface area contributed by atoms with Crippen LogP contribution >= 0.6 is 38.5 Å². The number of pyridine rings is 1. The summed E-state index contributed by atoms with van der Waals surface area (Å²) in [6, 6.07) is 8.26. The number of benzene rings is 1. The van der Waals surface area contributed by atoms with Crippen molar-refractivity contribution in [2.45, 2.75) is 11.8 Å². The van der Waals surface area contributed by atoms with Gasteiger partial charge in [-0.3, -0.25) is 4.79 Å². The lowest BCUT2D eigenvalue weighted by atomic mass is 10.2. The molecule has 0 radical (unpaired) electrons. The number of halogens is 2. The third-order valence-electron chi connectivity index (χ3n) is 3.56. The second-order valence-corrected chi connectivity index (χ2v) is 8.95. The first-order valence-electron chi connectivity index (χ1n) is 6.62. The Morgan fingerprint density at radius 1 is 1.17 bits per heavy atom. The van der Waals surface area contributed by atoms with E-state index < -0.39 is 10.0 Å². The van der Waals surface area contributed by atoms with Gasteiger partial charge >= 0.3 is 0 Å². The third kappa shape index (κ3) is 2.66. The second-order valence-electron chi connectivity index (χ2n) is 5.20. The van der Waals surface area contributed by atoms with E-state index in [4.69, 9.17) is 0 Å². The Kier molecular flexibility index (Phi) is 4.18. The van der Waals surface area contributed by atoms with E-state index in [2.05, 4.69) is 15.9 Å². The second kappa shape index (κ2) is 5.75. The highest BCUT2D eigenvalue weighted by molar-refractivity contribution is 14.1. The van der Waals surface area contributed by atoms with Crippen LogP contribution in [0.3, 0.4) is 0 Å². The minimum Gasteiger partial charge on any atom is -0.316 e. The molecule has 0 fully saturated rings. The minimum atomic E-state index is -3.85. The highest BCUT2D eigenvalue weighted by atomic mass is 127. The predicted octanol–water partition coefficient (Wildman–Crippen LogP) is 3.25. The summed E-state index contributed by atoms with van der Waals surface area (Å²) < 4.78 is 29.6. The van der Waals surface area contributed by atoms with Gasteiger partial charge < -0.3 is 4.57 Å². The quantitative estimate of drug-likeness (QED) is 0.501. The van der Waals surface area contributed by atoms with Crippen molar-refractivity contribution >= 4 is 59.4 Å². The van der Waals surface area contributed by atoms with E-state index >= 15 is 0 Å². The molecule has 3 rings (SSSR count). The maximum Gasteiger partial charge on any atom is 0.275 e. The van der Waals surface area contributed by atoms with Crippen LogP contribution in [0.25, 0.3) is 10.9 Å². The minimum absolute atomic E-state index is 0.145. The van der Waals surface area contributed by atoms with Gasteiger partial charge in [0.1, 0.15) is 5.52 Å². The van der Waals surface area contributed by atoms with Crippen LogP contribution < -0.4 is 5.56 Å². The average Bonchev–Trinajstić information content (AvgIpc) is 2.84. The maximum absolute atomic E-state index is 13.0. The molecule has 0 unspecified atom stereocenters. The summed E-state index contributed by atoms with van der Waals surface area (Å²) in [6.07, 6.45) is 1.63. The monoisotopic (exact) mass is 506 g/mol. The first kappa shape index (κ1) is 16.7. The highest BCUT2D eigenvalue weighted by Gasteiger charge is 2.25. The highest BCUT2D eigenvalue weighted by Crippen LogP contribution is 2.29. The fourth-order valence-electron chi connectivity index (χ4n) is 2.36. The van der Waals surface area contributed by atoms with Crippen LogP contribution in [0.2, 0.25) is 0 Å². The number of rotatable bonds is 2. The van der Waals surface area contributed by atoms with Crippen LogP contribution in [-0.4, -0.2) is 17.0 Å². The average molecular weight is 507 g/mol. The smallest absolute Gasteiger partial charge is 0.275 e. The van der Waals surface area contributed by atoms with Gasteiger partial charge in [-0.1, -0.05) is 17.7 Å². The Morgan fingerprint density at radius 3 is 2.39 bits per heavy atom.